The minimum absolute atomic E-state index is 0.428. The van der Waals surface area contributed by atoms with E-state index >= 15 is 0 Å². The molecule has 0 spiro atoms. The lowest BCUT2D eigenvalue weighted by atomic mass is 10.2. The predicted octanol–water partition coefficient (Wildman–Crippen LogP) is 3.56. The molecule has 2 aromatic carbocycles. The van der Waals surface area contributed by atoms with Crippen LogP contribution in [0.1, 0.15) is 5.56 Å². The SMILES string of the molecule is Cc1ccc(-n2cc3cc(OS(=O)(=O)C(F)(F)F)ccc3n2)cc1. The summed E-state index contributed by atoms with van der Waals surface area (Å²) in [6.45, 7) is 1.94. The maximum Gasteiger partial charge on any atom is 0.534 e. The Bertz CT molecular complexity index is 993. The number of hydrogen-bond acceptors (Lipinski definition) is 4. The lowest BCUT2D eigenvalue weighted by Gasteiger charge is -2.08. The Morgan fingerprint density at radius 3 is 2.38 bits per heavy atom. The van der Waals surface area contributed by atoms with Gasteiger partial charge in [-0.3, -0.25) is 0 Å². The van der Waals surface area contributed by atoms with Gasteiger partial charge in [0.2, 0.25) is 0 Å². The number of hydrogen-bond donors (Lipinski definition) is 0. The zero-order valence-electron chi connectivity index (χ0n) is 12.3. The van der Waals surface area contributed by atoms with Gasteiger partial charge in [0, 0.05) is 11.6 Å². The summed E-state index contributed by atoms with van der Waals surface area (Å²) in [5.74, 6) is -0.428. The Morgan fingerprint density at radius 2 is 1.75 bits per heavy atom. The zero-order chi connectivity index (χ0) is 17.5. The quantitative estimate of drug-likeness (QED) is 0.532. The molecule has 5 nitrogen and oxygen atoms in total. The van der Waals surface area contributed by atoms with Crippen molar-refractivity contribution >= 4 is 21.0 Å². The molecule has 0 saturated carbocycles. The van der Waals surface area contributed by atoms with Crippen LogP contribution >= 0.6 is 0 Å². The van der Waals surface area contributed by atoms with E-state index in [1.54, 1.807) is 10.9 Å². The average Bonchev–Trinajstić information content (AvgIpc) is 2.89. The highest BCUT2D eigenvalue weighted by molar-refractivity contribution is 7.88. The van der Waals surface area contributed by atoms with Crippen molar-refractivity contribution < 1.29 is 25.8 Å². The molecular weight excluding hydrogens is 345 g/mol. The summed E-state index contributed by atoms with van der Waals surface area (Å²) >= 11 is 0. The molecule has 1 heterocycles. The number of aromatic nitrogens is 2. The molecule has 0 fully saturated rings. The monoisotopic (exact) mass is 356 g/mol. The fraction of sp³-hybridized carbons (Fsp3) is 0.133. The topological polar surface area (TPSA) is 61.2 Å². The minimum Gasteiger partial charge on any atom is -0.376 e. The molecular formula is C15H11F3N2O3S. The van der Waals surface area contributed by atoms with E-state index < -0.39 is 21.4 Å². The van der Waals surface area contributed by atoms with Crippen molar-refractivity contribution in [2.75, 3.05) is 0 Å². The summed E-state index contributed by atoms with van der Waals surface area (Å²) in [4.78, 5) is 0. The number of rotatable bonds is 3. The number of fused-ring (bicyclic) bond motifs is 1. The first-order valence-corrected chi connectivity index (χ1v) is 8.14. The zero-order valence-corrected chi connectivity index (χ0v) is 13.1. The Morgan fingerprint density at radius 1 is 1.08 bits per heavy atom. The van der Waals surface area contributed by atoms with Crippen molar-refractivity contribution in [1.29, 1.82) is 0 Å². The van der Waals surface area contributed by atoms with Crippen LogP contribution < -0.4 is 4.18 Å². The summed E-state index contributed by atoms with van der Waals surface area (Å²) in [5.41, 5.74) is -3.15. The largest absolute Gasteiger partial charge is 0.534 e. The van der Waals surface area contributed by atoms with Crippen molar-refractivity contribution in [3.63, 3.8) is 0 Å². The molecule has 0 aliphatic rings. The molecule has 0 bridgehead atoms. The minimum atomic E-state index is -5.70. The molecule has 0 atom stereocenters. The first-order chi connectivity index (χ1) is 11.2. The molecule has 0 amide bonds. The average molecular weight is 356 g/mol. The van der Waals surface area contributed by atoms with Gasteiger partial charge < -0.3 is 4.18 Å². The second kappa shape index (κ2) is 5.52. The van der Waals surface area contributed by atoms with Gasteiger partial charge in [0.15, 0.2) is 0 Å². The third kappa shape index (κ3) is 3.07. The van der Waals surface area contributed by atoms with E-state index in [0.29, 0.717) is 10.9 Å². The van der Waals surface area contributed by atoms with Gasteiger partial charge in [-0.05, 0) is 37.3 Å². The summed E-state index contributed by atoms with van der Waals surface area (Å²) in [7, 11) is -5.70. The van der Waals surface area contributed by atoms with Crippen LogP contribution in [0.25, 0.3) is 16.6 Å². The van der Waals surface area contributed by atoms with Gasteiger partial charge in [0.25, 0.3) is 0 Å². The standard InChI is InChI=1S/C15H11F3N2O3S/c1-10-2-4-12(5-3-10)20-9-11-8-13(6-7-14(11)19-20)23-24(21,22)15(16,17)18/h2-9H,1H3. The summed E-state index contributed by atoms with van der Waals surface area (Å²) in [6.07, 6.45) is 1.58. The molecule has 1 aromatic heterocycles. The molecule has 0 radical (unpaired) electrons. The van der Waals surface area contributed by atoms with E-state index in [9.17, 15) is 21.6 Å². The Labute approximate surface area is 135 Å². The van der Waals surface area contributed by atoms with Gasteiger partial charge in [-0.25, -0.2) is 4.68 Å². The molecule has 3 aromatic rings. The van der Waals surface area contributed by atoms with E-state index in [1.807, 2.05) is 31.2 Å². The highest BCUT2D eigenvalue weighted by Gasteiger charge is 2.48. The molecule has 24 heavy (non-hydrogen) atoms. The molecule has 0 saturated heterocycles. The Hall–Kier alpha value is -2.55. The first-order valence-electron chi connectivity index (χ1n) is 6.73. The van der Waals surface area contributed by atoms with E-state index in [0.717, 1.165) is 17.3 Å². The maximum absolute atomic E-state index is 12.4. The smallest absolute Gasteiger partial charge is 0.376 e. The molecule has 0 unspecified atom stereocenters. The van der Waals surface area contributed by atoms with Crippen molar-refractivity contribution in [3.8, 4) is 11.4 Å². The molecule has 9 heteroatoms. The molecule has 3 rings (SSSR count). The normalized spacial score (nSPS) is 12.5. The predicted molar refractivity (Wildman–Crippen MR) is 81.4 cm³/mol. The van der Waals surface area contributed by atoms with Crippen LogP contribution in [0.3, 0.4) is 0 Å². The van der Waals surface area contributed by atoms with Gasteiger partial charge >= 0.3 is 15.6 Å². The summed E-state index contributed by atoms with van der Waals surface area (Å²) < 4.78 is 64.8. The number of nitrogens with zero attached hydrogens (tertiary/aromatic N) is 2. The van der Waals surface area contributed by atoms with Crippen LogP contribution in [0.4, 0.5) is 13.2 Å². The van der Waals surface area contributed by atoms with E-state index in [-0.39, 0.29) is 0 Å². The first kappa shape index (κ1) is 16.3. The lowest BCUT2D eigenvalue weighted by molar-refractivity contribution is -0.0500. The van der Waals surface area contributed by atoms with E-state index in [4.69, 9.17) is 0 Å². The van der Waals surface area contributed by atoms with Crippen molar-refractivity contribution in [2.24, 2.45) is 0 Å². The number of halogens is 3. The van der Waals surface area contributed by atoms with Gasteiger partial charge in [-0.2, -0.15) is 26.7 Å². The Kier molecular flexibility index (Phi) is 3.75. The fourth-order valence-corrected chi connectivity index (χ4v) is 2.51. The lowest BCUT2D eigenvalue weighted by Crippen LogP contribution is -2.28. The van der Waals surface area contributed by atoms with Crippen LogP contribution in [-0.2, 0) is 10.1 Å². The van der Waals surface area contributed by atoms with Gasteiger partial charge in [0.1, 0.15) is 5.75 Å². The second-order valence-corrected chi connectivity index (χ2v) is 6.65. The Balaban J connectivity index is 1.96. The second-order valence-electron chi connectivity index (χ2n) is 5.11. The molecule has 0 aliphatic heterocycles. The van der Waals surface area contributed by atoms with Gasteiger partial charge in [-0.15, -0.1) is 0 Å². The van der Waals surface area contributed by atoms with Crippen molar-refractivity contribution in [3.05, 3.63) is 54.2 Å². The van der Waals surface area contributed by atoms with Crippen LogP contribution in [0.5, 0.6) is 5.75 Å². The highest BCUT2D eigenvalue weighted by atomic mass is 32.2. The summed E-state index contributed by atoms with van der Waals surface area (Å²) in [6, 6.07) is 11.2. The van der Waals surface area contributed by atoms with Crippen LogP contribution in [-0.4, -0.2) is 23.7 Å². The van der Waals surface area contributed by atoms with E-state index in [1.165, 1.54) is 12.1 Å². The third-order valence-corrected chi connectivity index (χ3v) is 4.24. The van der Waals surface area contributed by atoms with Crippen LogP contribution in [0.2, 0.25) is 0 Å². The number of aryl methyl sites for hydroxylation is 1. The summed E-state index contributed by atoms with van der Waals surface area (Å²) in [5, 5.41) is 4.74. The maximum atomic E-state index is 12.4. The number of benzene rings is 2. The highest BCUT2D eigenvalue weighted by Crippen LogP contribution is 2.28. The van der Waals surface area contributed by atoms with Crippen molar-refractivity contribution in [1.82, 2.24) is 9.78 Å². The van der Waals surface area contributed by atoms with Crippen molar-refractivity contribution in [2.45, 2.75) is 12.4 Å². The van der Waals surface area contributed by atoms with E-state index in [2.05, 4.69) is 9.28 Å². The third-order valence-electron chi connectivity index (χ3n) is 3.26. The van der Waals surface area contributed by atoms with Crippen LogP contribution in [0.15, 0.2) is 48.7 Å². The fourth-order valence-electron chi connectivity index (χ4n) is 2.06. The molecule has 0 aliphatic carbocycles. The number of alkyl halides is 3. The van der Waals surface area contributed by atoms with Gasteiger partial charge in [0.05, 0.1) is 11.2 Å². The molecule has 0 N–H and O–H groups in total. The van der Waals surface area contributed by atoms with Crippen LogP contribution in [0, 0.1) is 6.92 Å². The molecule has 126 valence electrons. The van der Waals surface area contributed by atoms with Gasteiger partial charge in [-0.1, -0.05) is 17.7 Å².